The Hall–Kier alpha value is -1.55. The zero-order valence-corrected chi connectivity index (χ0v) is 11.3. The average molecular weight is 263 g/mol. The molecule has 19 heavy (non-hydrogen) atoms. The molecule has 1 saturated heterocycles. The van der Waals surface area contributed by atoms with Crippen molar-refractivity contribution in [3.8, 4) is 0 Å². The van der Waals surface area contributed by atoms with E-state index in [1.54, 1.807) is 11.8 Å². The van der Waals surface area contributed by atoms with E-state index in [1.165, 1.54) is 0 Å². The van der Waals surface area contributed by atoms with Crippen LogP contribution in [0, 0.1) is 5.92 Å². The van der Waals surface area contributed by atoms with E-state index >= 15 is 0 Å². The molecule has 0 spiro atoms. The van der Waals surface area contributed by atoms with Crippen LogP contribution in [0.5, 0.6) is 0 Å². The van der Waals surface area contributed by atoms with Crippen LogP contribution < -0.4 is 0 Å². The van der Waals surface area contributed by atoms with Crippen LogP contribution in [0.3, 0.4) is 0 Å². The second-order valence-corrected chi connectivity index (χ2v) is 5.13. The molecule has 1 heterocycles. The van der Waals surface area contributed by atoms with Gasteiger partial charge in [-0.2, -0.15) is 0 Å². The maximum Gasteiger partial charge on any atom is 0.410 e. The third-order valence-electron chi connectivity index (χ3n) is 3.60. The predicted molar refractivity (Wildman–Crippen MR) is 72.6 cm³/mol. The van der Waals surface area contributed by atoms with E-state index < -0.39 is 0 Å². The smallest absolute Gasteiger partial charge is 0.410 e. The number of rotatable bonds is 3. The number of piperidine rings is 1. The van der Waals surface area contributed by atoms with Crippen LogP contribution in [0.1, 0.15) is 25.3 Å². The summed E-state index contributed by atoms with van der Waals surface area (Å²) in [6, 6.07) is 9.65. The molecule has 1 unspecified atom stereocenters. The van der Waals surface area contributed by atoms with Crippen molar-refractivity contribution in [1.82, 2.24) is 4.90 Å². The van der Waals surface area contributed by atoms with Crippen molar-refractivity contribution >= 4 is 6.09 Å². The summed E-state index contributed by atoms with van der Waals surface area (Å²) in [5.41, 5.74) is 0.986. The molecule has 1 N–H and O–H groups in total. The van der Waals surface area contributed by atoms with Gasteiger partial charge in [0.15, 0.2) is 0 Å². The lowest BCUT2D eigenvalue weighted by molar-refractivity contribution is 0.0450. The minimum Gasteiger partial charge on any atom is -0.445 e. The summed E-state index contributed by atoms with van der Waals surface area (Å²) < 4.78 is 5.30. The van der Waals surface area contributed by atoms with Gasteiger partial charge in [0.05, 0.1) is 6.10 Å². The van der Waals surface area contributed by atoms with E-state index in [2.05, 4.69) is 0 Å². The van der Waals surface area contributed by atoms with E-state index in [1.807, 2.05) is 30.3 Å². The number of carbonyl (C=O) groups excluding carboxylic acids is 1. The normalized spacial score (nSPS) is 20.9. The molecule has 4 nitrogen and oxygen atoms in total. The molecule has 2 rings (SSSR count). The molecule has 104 valence electrons. The van der Waals surface area contributed by atoms with E-state index in [0.717, 1.165) is 24.9 Å². The zero-order chi connectivity index (χ0) is 13.7. The Balaban J connectivity index is 1.83. The standard InChI is InChI=1S/C15H21NO3/c1-12(17)14-8-5-9-16(10-14)15(18)19-11-13-6-3-2-4-7-13/h2-4,6-7,12,14,17H,5,8-11H2,1H3/t12-,14?/m1/s1. The number of likely N-dealkylation sites (tertiary alicyclic amines) is 1. The molecule has 0 aliphatic carbocycles. The summed E-state index contributed by atoms with van der Waals surface area (Å²) >= 11 is 0. The third kappa shape index (κ3) is 3.96. The molecule has 1 fully saturated rings. The molecule has 0 aromatic heterocycles. The lowest BCUT2D eigenvalue weighted by Crippen LogP contribution is -2.43. The largest absolute Gasteiger partial charge is 0.445 e. The molecular formula is C15H21NO3. The van der Waals surface area contributed by atoms with Crippen molar-refractivity contribution in [2.24, 2.45) is 5.92 Å². The molecule has 1 aliphatic heterocycles. The number of carbonyl (C=O) groups is 1. The van der Waals surface area contributed by atoms with Crippen molar-refractivity contribution in [1.29, 1.82) is 0 Å². The van der Waals surface area contributed by atoms with Gasteiger partial charge in [0.25, 0.3) is 0 Å². The summed E-state index contributed by atoms with van der Waals surface area (Å²) in [6.45, 7) is 3.39. The first-order valence-corrected chi connectivity index (χ1v) is 6.80. The highest BCUT2D eigenvalue weighted by Crippen LogP contribution is 2.20. The van der Waals surface area contributed by atoms with Crippen LogP contribution in [0.4, 0.5) is 4.79 Å². The molecule has 1 aromatic rings. The van der Waals surface area contributed by atoms with Crippen molar-refractivity contribution in [3.05, 3.63) is 35.9 Å². The maximum atomic E-state index is 12.0. The van der Waals surface area contributed by atoms with Crippen LogP contribution in [-0.4, -0.2) is 35.3 Å². The van der Waals surface area contributed by atoms with E-state index in [4.69, 9.17) is 4.74 Å². The van der Waals surface area contributed by atoms with Crippen LogP contribution in [0.2, 0.25) is 0 Å². The highest BCUT2D eigenvalue weighted by Gasteiger charge is 2.27. The minimum atomic E-state index is -0.371. The first kappa shape index (κ1) is 13.9. The number of ether oxygens (including phenoxy) is 1. The average Bonchev–Trinajstić information content (AvgIpc) is 2.46. The van der Waals surface area contributed by atoms with Crippen LogP contribution in [-0.2, 0) is 11.3 Å². The van der Waals surface area contributed by atoms with Gasteiger partial charge in [-0.1, -0.05) is 30.3 Å². The lowest BCUT2D eigenvalue weighted by Gasteiger charge is -2.33. The summed E-state index contributed by atoms with van der Waals surface area (Å²) in [7, 11) is 0. The highest BCUT2D eigenvalue weighted by molar-refractivity contribution is 5.67. The first-order valence-electron chi connectivity index (χ1n) is 6.80. The Morgan fingerprint density at radius 3 is 2.89 bits per heavy atom. The molecule has 1 aromatic carbocycles. The van der Waals surface area contributed by atoms with Crippen molar-refractivity contribution < 1.29 is 14.6 Å². The van der Waals surface area contributed by atoms with Crippen molar-refractivity contribution in [2.75, 3.05) is 13.1 Å². The Morgan fingerprint density at radius 2 is 2.21 bits per heavy atom. The summed E-state index contributed by atoms with van der Waals surface area (Å²) in [5.74, 6) is 0.165. The monoisotopic (exact) mass is 263 g/mol. The highest BCUT2D eigenvalue weighted by atomic mass is 16.6. The molecule has 1 amide bonds. The topological polar surface area (TPSA) is 49.8 Å². The summed E-state index contributed by atoms with van der Waals surface area (Å²) in [5, 5.41) is 9.61. The van der Waals surface area contributed by atoms with Gasteiger partial charge >= 0.3 is 6.09 Å². The van der Waals surface area contributed by atoms with Crippen LogP contribution in [0.15, 0.2) is 30.3 Å². The van der Waals surface area contributed by atoms with Gasteiger partial charge < -0.3 is 14.7 Å². The molecule has 0 radical (unpaired) electrons. The SMILES string of the molecule is C[C@@H](O)C1CCCN(C(=O)OCc2ccccc2)C1. The van der Waals surface area contributed by atoms with Gasteiger partial charge in [0.2, 0.25) is 0 Å². The van der Waals surface area contributed by atoms with Gasteiger partial charge in [-0.3, -0.25) is 0 Å². The summed E-state index contributed by atoms with van der Waals surface area (Å²) in [4.78, 5) is 13.7. The quantitative estimate of drug-likeness (QED) is 0.911. The van der Waals surface area contributed by atoms with Gasteiger partial charge in [-0.05, 0) is 25.3 Å². The molecule has 0 saturated carbocycles. The van der Waals surface area contributed by atoms with Crippen molar-refractivity contribution in [3.63, 3.8) is 0 Å². The van der Waals surface area contributed by atoms with Gasteiger partial charge in [-0.15, -0.1) is 0 Å². The Morgan fingerprint density at radius 1 is 1.47 bits per heavy atom. The Kier molecular flexibility index (Phi) is 4.80. The maximum absolute atomic E-state index is 12.0. The fourth-order valence-corrected chi connectivity index (χ4v) is 2.38. The van der Waals surface area contributed by atoms with Crippen LogP contribution >= 0.6 is 0 Å². The number of aliphatic hydroxyl groups excluding tert-OH is 1. The van der Waals surface area contributed by atoms with Gasteiger partial charge in [-0.25, -0.2) is 4.79 Å². The van der Waals surface area contributed by atoms with Crippen molar-refractivity contribution in [2.45, 2.75) is 32.5 Å². The first-order chi connectivity index (χ1) is 9.16. The predicted octanol–water partition coefficient (Wildman–Crippen LogP) is 2.42. The lowest BCUT2D eigenvalue weighted by atomic mass is 9.94. The third-order valence-corrected chi connectivity index (χ3v) is 3.60. The van der Waals surface area contributed by atoms with Crippen LogP contribution in [0.25, 0.3) is 0 Å². The molecule has 0 bridgehead atoms. The number of nitrogens with zero attached hydrogens (tertiary/aromatic N) is 1. The van der Waals surface area contributed by atoms with Gasteiger partial charge in [0.1, 0.15) is 6.61 Å². The fourth-order valence-electron chi connectivity index (χ4n) is 2.38. The van der Waals surface area contributed by atoms with E-state index in [0.29, 0.717) is 13.2 Å². The summed E-state index contributed by atoms with van der Waals surface area (Å²) in [6.07, 6.45) is 1.25. The molecule has 4 heteroatoms. The number of hydrogen-bond donors (Lipinski definition) is 1. The fraction of sp³-hybridized carbons (Fsp3) is 0.533. The molecule has 2 atom stereocenters. The Labute approximate surface area is 114 Å². The Bertz CT molecular complexity index is 405. The molecular weight excluding hydrogens is 242 g/mol. The second kappa shape index (κ2) is 6.57. The minimum absolute atomic E-state index is 0.165. The van der Waals surface area contributed by atoms with E-state index in [9.17, 15) is 9.90 Å². The number of benzene rings is 1. The number of aliphatic hydroxyl groups is 1. The number of hydrogen-bond acceptors (Lipinski definition) is 3. The van der Waals surface area contributed by atoms with Gasteiger partial charge in [0, 0.05) is 19.0 Å². The zero-order valence-electron chi connectivity index (χ0n) is 11.3. The molecule has 1 aliphatic rings. The number of amides is 1. The second-order valence-electron chi connectivity index (χ2n) is 5.13. The van der Waals surface area contributed by atoms with E-state index in [-0.39, 0.29) is 18.1 Å².